The van der Waals surface area contributed by atoms with Gasteiger partial charge in [-0.3, -0.25) is 9.79 Å². The minimum absolute atomic E-state index is 0. The number of nitrogens with one attached hydrogen (secondary N) is 2. The van der Waals surface area contributed by atoms with Crippen LogP contribution in [-0.4, -0.2) is 45.2 Å². The molecule has 0 aliphatic rings. The Balaban J connectivity index is 0. The second-order valence-electron chi connectivity index (χ2n) is 4.72. The minimum atomic E-state index is -0.630. The Morgan fingerprint density at radius 3 is 2.47 bits per heavy atom. The standard InChI is InChI=1S/C12H26N4O2.HI/c1-5-14-11(15-7-6-8-18-4)16-9-12(2,3)10(13)17;/h5-9H2,1-4H3,(H2,13,17)(H2,14,15,16);1H. The number of guanidine groups is 1. The molecule has 0 unspecified atom stereocenters. The Labute approximate surface area is 133 Å². The number of methoxy groups -OCH3 is 1. The summed E-state index contributed by atoms with van der Waals surface area (Å²) in [6.07, 6.45) is 0.903. The van der Waals surface area contributed by atoms with E-state index in [0.717, 1.165) is 19.5 Å². The van der Waals surface area contributed by atoms with E-state index in [9.17, 15) is 4.79 Å². The minimum Gasteiger partial charge on any atom is -0.385 e. The highest BCUT2D eigenvalue weighted by molar-refractivity contribution is 14.0. The topological polar surface area (TPSA) is 88.7 Å². The highest BCUT2D eigenvalue weighted by Gasteiger charge is 2.24. The molecule has 0 radical (unpaired) electrons. The number of aliphatic imine (C=N–C) groups is 1. The van der Waals surface area contributed by atoms with Crippen LogP contribution in [0.25, 0.3) is 0 Å². The maximum absolute atomic E-state index is 11.2. The zero-order chi connectivity index (χ0) is 14.0. The van der Waals surface area contributed by atoms with E-state index in [2.05, 4.69) is 15.6 Å². The van der Waals surface area contributed by atoms with Crippen molar-refractivity contribution in [3.05, 3.63) is 0 Å². The first-order valence-electron chi connectivity index (χ1n) is 6.25. The van der Waals surface area contributed by atoms with E-state index in [1.807, 2.05) is 6.92 Å². The Morgan fingerprint density at radius 1 is 1.37 bits per heavy atom. The van der Waals surface area contributed by atoms with Gasteiger partial charge in [-0.1, -0.05) is 0 Å². The second kappa shape index (κ2) is 11.3. The van der Waals surface area contributed by atoms with Crippen molar-refractivity contribution < 1.29 is 9.53 Å². The molecule has 0 saturated heterocycles. The molecule has 0 aromatic heterocycles. The lowest BCUT2D eigenvalue weighted by Gasteiger charge is -2.19. The normalized spacial score (nSPS) is 11.7. The molecule has 0 heterocycles. The van der Waals surface area contributed by atoms with Crippen LogP contribution in [0.5, 0.6) is 0 Å². The molecule has 4 N–H and O–H groups in total. The van der Waals surface area contributed by atoms with E-state index < -0.39 is 5.41 Å². The molecule has 0 fully saturated rings. The largest absolute Gasteiger partial charge is 0.385 e. The molecule has 0 atom stereocenters. The summed E-state index contributed by atoms with van der Waals surface area (Å²) in [5, 5.41) is 6.29. The lowest BCUT2D eigenvalue weighted by atomic mass is 9.93. The molecule has 1 amide bonds. The smallest absolute Gasteiger partial charge is 0.224 e. The van der Waals surface area contributed by atoms with E-state index >= 15 is 0 Å². The van der Waals surface area contributed by atoms with Crippen molar-refractivity contribution in [1.82, 2.24) is 10.6 Å². The van der Waals surface area contributed by atoms with Crippen molar-refractivity contribution in [2.75, 3.05) is 33.4 Å². The van der Waals surface area contributed by atoms with Crippen LogP contribution in [0.4, 0.5) is 0 Å². The van der Waals surface area contributed by atoms with Crippen molar-refractivity contribution in [3.63, 3.8) is 0 Å². The van der Waals surface area contributed by atoms with Crippen LogP contribution in [0.2, 0.25) is 0 Å². The van der Waals surface area contributed by atoms with Crippen molar-refractivity contribution in [2.24, 2.45) is 16.1 Å². The monoisotopic (exact) mass is 386 g/mol. The molecule has 6 nitrogen and oxygen atoms in total. The fourth-order valence-corrected chi connectivity index (χ4v) is 1.12. The first-order chi connectivity index (χ1) is 8.44. The highest BCUT2D eigenvalue weighted by Crippen LogP contribution is 2.13. The van der Waals surface area contributed by atoms with Crippen LogP contribution in [0.1, 0.15) is 27.2 Å². The lowest BCUT2D eigenvalue weighted by molar-refractivity contribution is -0.125. The molecule has 0 spiro atoms. The van der Waals surface area contributed by atoms with Crippen LogP contribution in [0.15, 0.2) is 4.99 Å². The van der Waals surface area contributed by atoms with Gasteiger partial charge in [0.05, 0.1) is 12.0 Å². The number of ether oxygens (including phenoxy) is 1. The summed E-state index contributed by atoms with van der Waals surface area (Å²) in [5.41, 5.74) is 4.67. The number of nitrogens with zero attached hydrogens (tertiary/aromatic N) is 1. The molecule has 0 aliphatic carbocycles. The van der Waals surface area contributed by atoms with Crippen molar-refractivity contribution in [3.8, 4) is 0 Å². The van der Waals surface area contributed by atoms with Gasteiger partial charge < -0.3 is 21.1 Å². The van der Waals surface area contributed by atoms with Crippen LogP contribution in [0.3, 0.4) is 0 Å². The van der Waals surface area contributed by atoms with Crippen LogP contribution in [0, 0.1) is 5.41 Å². The van der Waals surface area contributed by atoms with Crippen molar-refractivity contribution >= 4 is 35.8 Å². The molecular formula is C12H27IN4O2. The Morgan fingerprint density at radius 2 is 2.00 bits per heavy atom. The maximum Gasteiger partial charge on any atom is 0.224 e. The van der Waals surface area contributed by atoms with E-state index in [-0.39, 0.29) is 29.9 Å². The fraction of sp³-hybridized carbons (Fsp3) is 0.833. The van der Waals surface area contributed by atoms with E-state index in [1.54, 1.807) is 21.0 Å². The molecule has 0 rings (SSSR count). The summed E-state index contributed by atoms with van der Waals surface area (Å²) in [4.78, 5) is 15.5. The van der Waals surface area contributed by atoms with Gasteiger partial charge in [-0.15, -0.1) is 24.0 Å². The van der Waals surface area contributed by atoms with Crippen LogP contribution in [-0.2, 0) is 9.53 Å². The molecule has 0 aromatic carbocycles. The number of rotatable bonds is 8. The van der Waals surface area contributed by atoms with Gasteiger partial charge in [-0.2, -0.15) is 0 Å². The summed E-state index contributed by atoms with van der Waals surface area (Å²) >= 11 is 0. The zero-order valence-corrected chi connectivity index (χ0v) is 14.6. The van der Waals surface area contributed by atoms with Crippen LogP contribution < -0.4 is 16.4 Å². The number of hydrogen-bond donors (Lipinski definition) is 3. The van der Waals surface area contributed by atoms with E-state index in [1.165, 1.54) is 0 Å². The number of amides is 1. The first kappa shape index (κ1) is 20.7. The molecular weight excluding hydrogens is 359 g/mol. The molecule has 0 aliphatic heterocycles. The van der Waals surface area contributed by atoms with E-state index in [0.29, 0.717) is 19.1 Å². The summed E-state index contributed by atoms with van der Waals surface area (Å²) in [6.45, 7) is 8.18. The predicted octanol–water partition coefficient (Wildman–Crippen LogP) is 0.708. The molecule has 114 valence electrons. The molecule has 19 heavy (non-hydrogen) atoms. The lowest BCUT2D eigenvalue weighted by Crippen LogP contribution is -2.40. The fourth-order valence-electron chi connectivity index (χ4n) is 1.12. The van der Waals surface area contributed by atoms with Crippen LogP contribution >= 0.6 is 24.0 Å². The molecule has 0 bridgehead atoms. The number of nitrogens with two attached hydrogens (primary N) is 1. The maximum atomic E-state index is 11.2. The number of hydrogen-bond acceptors (Lipinski definition) is 3. The first-order valence-corrected chi connectivity index (χ1v) is 6.25. The molecule has 0 aromatic rings. The number of primary amides is 1. The van der Waals surface area contributed by atoms with Gasteiger partial charge in [0.1, 0.15) is 0 Å². The third kappa shape index (κ3) is 9.94. The Bertz CT molecular complexity index is 283. The van der Waals surface area contributed by atoms with Gasteiger partial charge in [0, 0.05) is 26.8 Å². The zero-order valence-electron chi connectivity index (χ0n) is 12.3. The van der Waals surface area contributed by atoms with E-state index in [4.69, 9.17) is 10.5 Å². The van der Waals surface area contributed by atoms with Crippen molar-refractivity contribution in [1.29, 1.82) is 0 Å². The number of carbonyl (C=O) groups is 1. The predicted molar refractivity (Wildman–Crippen MR) is 88.9 cm³/mol. The summed E-state index contributed by atoms with van der Waals surface area (Å²) in [7, 11) is 1.68. The van der Waals surface area contributed by atoms with Gasteiger partial charge in [0.2, 0.25) is 5.91 Å². The quantitative estimate of drug-likeness (QED) is 0.248. The van der Waals surface area contributed by atoms with Crippen molar-refractivity contribution in [2.45, 2.75) is 27.2 Å². The molecule has 0 saturated carbocycles. The molecule has 7 heteroatoms. The van der Waals surface area contributed by atoms with Gasteiger partial charge in [0.25, 0.3) is 0 Å². The average molecular weight is 386 g/mol. The van der Waals surface area contributed by atoms with Gasteiger partial charge in [0.15, 0.2) is 5.96 Å². The summed E-state index contributed by atoms with van der Waals surface area (Å²) < 4.78 is 4.97. The van der Waals surface area contributed by atoms with Gasteiger partial charge in [-0.25, -0.2) is 0 Å². The third-order valence-electron chi connectivity index (χ3n) is 2.46. The third-order valence-corrected chi connectivity index (χ3v) is 2.46. The average Bonchev–Trinajstić information content (AvgIpc) is 2.31. The Kier molecular flexibility index (Phi) is 12.3. The van der Waals surface area contributed by atoms with Gasteiger partial charge in [-0.05, 0) is 27.2 Å². The summed E-state index contributed by atoms with van der Waals surface area (Å²) in [6, 6.07) is 0. The van der Waals surface area contributed by atoms with Gasteiger partial charge >= 0.3 is 0 Å². The number of carbonyl (C=O) groups excluding carboxylic acids is 1. The second-order valence-corrected chi connectivity index (χ2v) is 4.72. The SMILES string of the molecule is CCNC(=NCC(C)(C)C(N)=O)NCCCOC.I. The number of halogens is 1. The highest BCUT2D eigenvalue weighted by atomic mass is 127. The Hall–Kier alpha value is -0.570. The summed E-state index contributed by atoms with van der Waals surface area (Å²) in [5.74, 6) is 0.351.